The molecule has 1 aliphatic rings. The molecule has 2 rings (SSSR count). The number of nitro benzene ring substituents is 1. The standard InChI is InChI=1S/C13H18N2O3/c1-13(7-2-8-13)14-9-10-18-12-5-3-11(4-6-12)15(16)17/h3-6,14H,2,7-10H2,1H3. The smallest absolute Gasteiger partial charge is 0.269 e. The third-order valence-electron chi connectivity index (χ3n) is 3.43. The van der Waals surface area contributed by atoms with Crippen LogP contribution in [-0.4, -0.2) is 23.6 Å². The molecule has 1 aromatic carbocycles. The van der Waals surface area contributed by atoms with Crippen LogP contribution < -0.4 is 10.1 Å². The molecule has 0 unspecified atom stereocenters. The summed E-state index contributed by atoms with van der Waals surface area (Å²) in [5, 5.41) is 13.9. The molecule has 0 atom stereocenters. The summed E-state index contributed by atoms with van der Waals surface area (Å²) < 4.78 is 5.52. The average Bonchev–Trinajstić information content (AvgIpc) is 2.33. The highest BCUT2D eigenvalue weighted by Gasteiger charge is 2.30. The number of hydrogen-bond donors (Lipinski definition) is 1. The molecular formula is C13H18N2O3. The molecule has 5 nitrogen and oxygen atoms in total. The summed E-state index contributed by atoms with van der Waals surface area (Å²) in [6, 6.07) is 6.17. The van der Waals surface area contributed by atoms with Crippen molar-refractivity contribution >= 4 is 5.69 Å². The van der Waals surface area contributed by atoms with E-state index in [1.54, 1.807) is 12.1 Å². The Morgan fingerprint density at radius 1 is 1.39 bits per heavy atom. The minimum Gasteiger partial charge on any atom is -0.492 e. The summed E-state index contributed by atoms with van der Waals surface area (Å²) in [5.41, 5.74) is 0.376. The van der Waals surface area contributed by atoms with Gasteiger partial charge in [-0.1, -0.05) is 0 Å². The molecule has 0 aliphatic heterocycles. The van der Waals surface area contributed by atoms with Crippen LogP contribution in [0.15, 0.2) is 24.3 Å². The lowest BCUT2D eigenvalue weighted by atomic mass is 9.78. The van der Waals surface area contributed by atoms with E-state index in [4.69, 9.17) is 4.74 Å². The molecule has 0 heterocycles. The molecule has 0 radical (unpaired) electrons. The maximum absolute atomic E-state index is 10.5. The van der Waals surface area contributed by atoms with Crippen LogP contribution in [0.5, 0.6) is 5.75 Å². The van der Waals surface area contributed by atoms with Crippen LogP contribution in [-0.2, 0) is 0 Å². The first-order valence-electron chi connectivity index (χ1n) is 6.21. The quantitative estimate of drug-likeness (QED) is 0.478. The summed E-state index contributed by atoms with van der Waals surface area (Å²) in [7, 11) is 0. The van der Waals surface area contributed by atoms with Crippen molar-refractivity contribution in [1.29, 1.82) is 0 Å². The van der Waals surface area contributed by atoms with E-state index in [2.05, 4.69) is 12.2 Å². The molecule has 1 saturated carbocycles. The molecule has 18 heavy (non-hydrogen) atoms. The molecule has 98 valence electrons. The van der Waals surface area contributed by atoms with Crippen LogP contribution in [0.3, 0.4) is 0 Å². The van der Waals surface area contributed by atoms with Gasteiger partial charge in [0.05, 0.1) is 4.92 Å². The SMILES string of the molecule is CC1(NCCOc2ccc([N+](=O)[O-])cc2)CCC1. The van der Waals surface area contributed by atoms with E-state index in [1.807, 2.05) is 0 Å². The van der Waals surface area contributed by atoms with Crippen molar-refractivity contribution in [3.05, 3.63) is 34.4 Å². The summed E-state index contributed by atoms with van der Waals surface area (Å²) >= 11 is 0. The second-order valence-corrected chi connectivity index (χ2v) is 4.94. The molecule has 0 amide bonds. The Hall–Kier alpha value is -1.62. The van der Waals surface area contributed by atoms with Gasteiger partial charge in [0.2, 0.25) is 0 Å². The monoisotopic (exact) mass is 250 g/mol. The minimum atomic E-state index is -0.414. The second kappa shape index (κ2) is 5.35. The maximum Gasteiger partial charge on any atom is 0.269 e. The summed E-state index contributed by atoms with van der Waals surface area (Å²) in [6.07, 6.45) is 3.75. The van der Waals surface area contributed by atoms with Crippen molar-refractivity contribution < 1.29 is 9.66 Å². The third kappa shape index (κ3) is 3.20. The van der Waals surface area contributed by atoms with Gasteiger partial charge in [-0.3, -0.25) is 10.1 Å². The van der Waals surface area contributed by atoms with Gasteiger partial charge in [0.15, 0.2) is 0 Å². The predicted octanol–water partition coefficient (Wildman–Crippen LogP) is 2.51. The van der Waals surface area contributed by atoms with Gasteiger partial charge in [-0.15, -0.1) is 0 Å². The maximum atomic E-state index is 10.5. The Morgan fingerprint density at radius 3 is 2.56 bits per heavy atom. The Balaban J connectivity index is 1.71. The van der Waals surface area contributed by atoms with Gasteiger partial charge in [-0.05, 0) is 38.3 Å². The molecule has 1 aromatic rings. The molecule has 1 aliphatic carbocycles. The highest BCUT2D eigenvalue weighted by atomic mass is 16.6. The van der Waals surface area contributed by atoms with E-state index >= 15 is 0 Å². The van der Waals surface area contributed by atoms with Crippen molar-refractivity contribution in [3.8, 4) is 5.75 Å². The Bertz CT molecular complexity index is 413. The lowest BCUT2D eigenvalue weighted by Gasteiger charge is -2.39. The van der Waals surface area contributed by atoms with Crippen LogP contribution in [0.4, 0.5) is 5.69 Å². The van der Waals surface area contributed by atoms with E-state index < -0.39 is 4.92 Å². The number of nitrogens with one attached hydrogen (secondary N) is 1. The highest BCUT2D eigenvalue weighted by Crippen LogP contribution is 2.30. The van der Waals surface area contributed by atoms with E-state index in [0.717, 1.165) is 6.54 Å². The van der Waals surface area contributed by atoms with Crippen LogP contribution in [0.2, 0.25) is 0 Å². The topological polar surface area (TPSA) is 64.4 Å². The zero-order valence-electron chi connectivity index (χ0n) is 10.5. The van der Waals surface area contributed by atoms with Crippen molar-refractivity contribution in [1.82, 2.24) is 5.32 Å². The number of ether oxygens (including phenoxy) is 1. The fraction of sp³-hybridized carbons (Fsp3) is 0.538. The van der Waals surface area contributed by atoms with Crippen LogP contribution in [0.1, 0.15) is 26.2 Å². The number of non-ortho nitro benzene ring substituents is 1. The normalized spacial score (nSPS) is 16.9. The zero-order chi connectivity index (χ0) is 13.0. The first-order chi connectivity index (χ1) is 8.59. The Morgan fingerprint density at radius 2 is 2.06 bits per heavy atom. The lowest BCUT2D eigenvalue weighted by Crippen LogP contribution is -2.49. The number of nitrogens with zero attached hydrogens (tertiary/aromatic N) is 1. The number of benzene rings is 1. The fourth-order valence-corrected chi connectivity index (χ4v) is 2.07. The lowest BCUT2D eigenvalue weighted by molar-refractivity contribution is -0.384. The molecule has 0 saturated heterocycles. The second-order valence-electron chi connectivity index (χ2n) is 4.94. The number of hydrogen-bond acceptors (Lipinski definition) is 4. The molecule has 0 spiro atoms. The highest BCUT2D eigenvalue weighted by molar-refractivity contribution is 5.35. The van der Waals surface area contributed by atoms with Gasteiger partial charge in [-0.25, -0.2) is 0 Å². The minimum absolute atomic E-state index is 0.0856. The van der Waals surface area contributed by atoms with Gasteiger partial charge < -0.3 is 10.1 Å². The van der Waals surface area contributed by atoms with Crippen molar-refractivity contribution in [2.24, 2.45) is 0 Å². The van der Waals surface area contributed by atoms with Crippen molar-refractivity contribution in [3.63, 3.8) is 0 Å². The average molecular weight is 250 g/mol. The first kappa shape index (κ1) is 12.8. The largest absolute Gasteiger partial charge is 0.492 e. The van der Waals surface area contributed by atoms with E-state index in [0.29, 0.717) is 17.9 Å². The molecule has 0 bridgehead atoms. The summed E-state index contributed by atoms with van der Waals surface area (Å²) in [6.45, 7) is 3.60. The number of nitro groups is 1. The van der Waals surface area contributed by atoms with E-state index in [9.17, 15) is 10.1 Å². The predicted molar refractivity (Wildman–Crippen MR) is 68.9 cm³/mol. The molecule has 5 heteroatoms. The van der Waals surface area contributed by atoms with Crippen LogP contribution >= 0.6 is 0 Å². The van der Waals surface area contributed by atoms with E-state index in [1.165, 1.54) is 31.4 Å². The van der Waals surface area contributed by atoms with Gasteiger partial charge in [0.25, 0.3) is 5.69 Å². The first-order valence-corrected chi connectivity index (χ1v) is 6.21. The van der Waals surface area contributed by atoms with Crippen LogP contribution in [0, 0.1) is 10.1 Å². The Kier molecular flexibility index (Phi) is 3.81. The zero-order valence-corrected chi connectivity index (χ0v) is 10.5. The fourth-order valence-electron chi connectivity index (χ4n) is 2.07. The van der Waals surface area contributed by atoms with Crippen molar-refractivity contribution in [2.45, 2.75) is 31.7 Å². The third-order valence-corrected chi connectivity index (χ3v) is 3.43. The number of rotatable bonds is 6. The Labute approximate surface area is 106 Å². The summed E-state index contributed by atoms with van der Waals surface area (Å²) in [5.74, 6) is 0.668. The molecule has 1 N–H and O–H groups in total. The van der Waals surface area contributed by atoms with Gasteiger partial charge in [0.1, 0.15) is 12.4 Å². The van der Waals surface area contributed by atoms with E-state index in [-0.39, 0.29) is 5.69 Å². The van der Waals surface area contributed by atoms with Gasteiger partial charge in [-0.2, -0.15) is 0 Å². The van der Waals surface area contributed by atoms with Crippen LogP contribution in [0.25, 0.3) is 0 Å². The molecule has 0 aromatic heterocycles. The molecular weight excluding hydrogens is 232 g/mol. The van der Waals surface area contributed by atoms with Crippen molar-refractivity contribution in [2.75, 3.05) is 13.2 Å². The summed E-state index contributed by atoms with van der Waals surface area (Å²) in [4.78, 5) is 10.1. The van der Waals surface area contributed by atoms with Gasteiger partial charge >= 0.3 is 0 Å². The molecule has 1 fully saturated rings. The van der Waals surface area contributed by atoms with Gasteiger partial charge in [0, 0.05) is 24.2 Å².